The molecule has 0 aliphatic heterocycles. The van der Waals surface area contributed by atoms with Gasteiger partial charge in [0, 0.05) is 5.02 Å². The van der Waals surface area contributed by atoms with Crippen LogP contribution in [0.1, 0.15) is 69.8 Å². The van der Waals surface area contributed by atoms with Gasteiger partial charge in [-0.15, -0.1) is 0 Å². The third-order valence-electron chi connectivity index (χ3n) is 5.80. The van der Waals surface area contributed by atoms with Gasteiger partial charge < -0.3 is 11.1 Å². The summed E-state index contributed by atoms with van der Waals surface area (Å²) in [6.45, 7) is 2.80. The average Bonchev–Trinajstić information content (AvgIpc) is 3.10. The average molecular weight is 383 g/mol. The van der Waals surface area contributed by atoms with E-state index in [9.17, 15) is 9.18 Å². The Morgan fingerprint density at radius 1 is 1.23 bits per heavy atom. The van der Waals surface area contributed by atoms with Gasteiger partial charge >= 0.3 is 0 Å². The van der Waals surface area contributed by atoms with Crippen LogP contribution in [0.15, 0.2) is 18.2 Å². The van der Waals surface area contributed by atoms with Crippen LogP contribution >= 0.6 is 11.6 Å². The first-order valence-electron chi connectivity index (χ1n) is 9.89. The smallest absolute Gasteiger partial charge is 0.237 e. The second-order valence-corrected chi connectivity index (χ2v) is 8.17. The van der Waals surface area contributed by atoms with Gasteiger partial charge in [-0.3, -0.25) is 4.79 Å². The summed E-state index contributed by atoms with van der Waals surface area (Å²) in [5, 5.41) is 3.95. The maximum atomic E-state index is 12.3. The fourth-order valence-corrected chi connectivity index (χ4v) is 4.21. The molecule has 0 bridgehead atoms. The number of nitrogens with two attached hydrogens (primary N) is 1. The number of rotatable bonds is 5. The van der Waals surface area contributed by atoms with Gasteiger partial charge in [0.1, 0.15) is 5.82 Å². The number of hydrogen-bond donors (Lipinski definition) is 2. The zero-order valence-electron chi connectivity index (χ0n) is 15.8. The van der Waals surface area contributed by atoms with Crippen LogP contribution in [-0.2, 0) is 4.79 Å². The molecule has 3 rings (SSSR count). The van der Waals surface area contributed by atoms with Gasteiger partial charge in [0.25, 0.3) is 0 Å². The van der Waals surface area contributed by atoms with E-state index in [2.05, 4.69) is 5.32 Å². The minimum Gasteiger partial charge on any atom is -0.368 e. The lowest BCUT2D eigenvalue weighted by molar-refractivity contribution is -0.124. The van der Waals surface area contributed by atoms with Crippen molar-refractivity contribution in [2.75, 3.05) is 6.54 Å². The Morgan fingerprint density at radius 3 is 2.42 bits per heavy atom. The van der Waals surface area contributed by atoms with Gasteiger partial charge in [-0.25, -0.2) is 4.39 Å². The highest BCUT2D eigenvalue weighted by Crippen LogP contribution is 2.30. The van der Waals surface area contributed by atoms with Crippen molar-refractivity contribution in [2.24, 2.45) is 11.7 Å². The number of hydrogen-bond acceptors (Lipinski definition) is 2. The lowest BCUT2D eigenvalue weighted by atomic mass is 9.86. The molecule has 1 aromatic rings. The minimum absolute atomic E-state index is 0.140. The fourth-order valence-electron chi connectivity index (χ4n) is 4.05. The largest absolute Gasteiger partial charge is 0.368 e. The van der Waals surface area contributed by atoms with E-state index >= 15 is 0 Å². The Hall–Kier alpha value is -1.13. The predicted octanol–water partition coefficient (Wildman–Crippen LogP) is 5.13. The number of primary amides is 1. The molecule has 26 heavy (non-hydrogen) atoms. The number of halogens is 2. The predicted molar refractivity (Wildman–Crippen MR) is 106 cm³/mol. The van der Waals surface area contributed by atoms with Gasteiger partial charge in [0.2, 0.25) is 5.91 Å². The molecule has 0 atom stereocenters. The van der Waals surface area contributed by atoms with Crippen molar-refractivity contribution < 1.29 is 9.18 Å². The zero-order chi connectivity index (χ0) is 19.0. The molecular weight excluding hydrogens is 351 g/mol. The van der Waals surface area contributed by atoms with Crippen molar-refractivity contribution in [3.63, 3.8) is 0 Å². The second kappa shape index (κ2) is 10.3. The molecule has 0 heterocycles. The van der Waals surface area contributed by atoms with E-state index in [0.29, 0.717) is 5.02 Å². The first-order chi connectivity index (χ1) is 12.4. The van der Waals surface area contributed by atoms with Crippen molar-refractivity contribution in [1.82, 2.24) is 5.32 Å². The number of amides is 1. The molecular formula is C21H32ClFN2O. The number of carbonyl (C=O) groups is 1. The van der Waals surface area contributed by atoms with E-state index in [1.54, 1.807) is 6.07 Å². The summed E-state index contributed by atoms with van der Waals surface area (Å²) < 4.78 is 12.3. The summed E-state index contributed by atoms with van der Waals surface area (Å²) in [6.07, 6.45) is 12.3. The van der Waals surface area contributed by atoms with Gasteiger partial charge in [-0.1, -0.05) is 62.6 Å². The van der Waals surface area contributed by atoms with Crippen LogP contribution in [0.3, 0.4) is 0 Å². The molecule has 0 aromatic heterocycles. The molecule has 2 aliphatic carbocycles. The normalized spacial score (nSPS) is 19.7. The molecule has 0 radical (unpaired) electrons. The highest BCUT2D eigenvalue weighted by molar-refractivity contribution is 6.31. The van der Waals surface area contributed by atoms with E-state index in [1.165, 1.54) is 50.7 Å². The minimum atomic E-state index is -0.366. The molecule has 0 spiro atoms. The van der Waals surface area contributed by atoms with Crippen LogP contribution in [0.25, 0.3) is 0 Å². The number of benzene rings is 1. The van der Waals surface area contributed by atoms with Crippen molar-refractivity contribution in [2.45, 2.75) is 76.7 Å². The second-order valence-electron chi connectivity index (χ2n) is 7.77. The summed E-state index contributed by atoms with van der Waals surface area (Å²) >= 11 is 5.57. The van der Waals surface area contributed by atoms with Crippen LogP contribution in [0.5, 0.6) is 0 Å². The van der Waals surface area contributed by atoms with E-state index < -0.39 is 0 Å². The van der Waals surface area contributed by atoms with E-state index in [0.717, 1.165) is 43.7 Å². The van der Waals surface area contributed by atoms with Gasteiger partial charge in [-0.2, -0.15) is 0 Å². The van der Waals surface area contributed by atoms with Gasteiger partial charge in [-0.05, 0) is 56.3 Å². The summed E-state index contributed by atoms with van der Waals surface area (Å²) in [6, 6.07) is 4.34. The first kappa shape index (κ1) is 21.2. The molecule has 2 fully saturated rings. The number of carbonyl (C=O) groups excluding carboxylic acids is 1. The molecule has 1 aromatic carbocycles. The molecule has 0 unspecified atom stereocenters. The molecule has 2 saturated carbocycles. The Labute approximate surface area is 161 Å². The van der Waals surface area contributed by atoms with Crippen LogP contribution in [0.4, 0.5) is 4.39 Å². The molecule has 3 N–H and O–H groups in total. The third-order valence-corrected chi connectivity index (χ3v) is 6.21. The van der Waals surface area contributed by atoms with Crippen LogP contribution in [0.2, 0.25) is 5.02 Å². The third kappa shape index (κ3) is 6.24. The first-order valence-corrected chi connectivity index (χ1v) is 10.3. The van der Waals surface area contributed by atoms with Crippen molar-refractivity contribution in [3.05, 3.63) is 34.6 Å². The topological polar surface area (TPSA) is 55.1 Å². The maximum absolute atomic E-state index is 12.3. The monoisotopic (exact) mass is 382 g/mol. The van der Waals surface area contributed by atoms with Crippen LogP contribution < -0.4 is 11.1 Å². The Balaban J connectivity index is 0.000000228. The number of nitrogens with one attached hydrogen (secondary N) is 1. The lowest BCUT2D eigenvalue weighted by Gasteiger charge is -2.28. The molecule has 3 nitrogen and oxygen atoms in total. The molecule has 146 valence electrons. The SMILES string of the molecule is Cc1ccc(F)cc1Cl.NC(=O)C1(NCCC2CCCCC2)CCCC1. The quantitative estimate of drug-likeness (QED) is 0.741. The number of aryl methyl sites for hydroxylation is 1. The Morgan fingerprint density at radius 2 is 1.88 bits per heavy atom. The highest BCUT2D eigenvalue weighted by Gasteiger charge is 2.38. The van der Waals surface area contributed by atoms with Gasteiger partial charge in [0.05, 0.1) is 5.54 Å². The summed E-state index contributed by atoms with van der Waals surface area (Å²) in [7, 11) is 0. The van der Waals surface area contributed by atoms with Crippen molar-refractivity contribution in [3.8, 4) is 0 Å². The van der Waals surface area contributed by atoms with Crippen molar-refractivity contribution in [1.29, 1.82) is 0 Å². The standard InChI is InChI=1S/C14H26N2O.C7H6ClF/c15-13(17)14(9-4-5-10-14)16-11-8-12-6-2-1-3-7-12;1-5-2-3-6(9)4-7(5)8/h12,16H,1-11H2,(H2,15,17);2-4H,1H3. The van der Waals surface area contributed by atoms with E-state index in [4.69, 9.17) is 17.3 Å². The fraction of sp³-hybridized carbons (Fsp3) is 0.667. The van der Waals surface area contributed by atoms with Gasteiger partial charge in [0.15, 0.2) is 0 Å². The molecule has 2 aliphatic rings. The highest BCUT2D eigenvalue weighted by atomic mass is 35.5. The molecule has 5 heteroatoms. The van der Waals surface area contributed by atoms with E-state index in [-0.39, 0.29) is 17.3 Å². The molecule has 1 amide bonds. The van der Waals surface area contributed by atoms with E-state index in [1.807, 2.05) is 6.92 Å². The summed E-state index contributed by atoms with van der Waals surface area (Å²) in [5.41, 5.74) is 6.09. The Kier molecular flexibility index (Phi) is 8.36. The van der Waals surface area contributed by atoms with Crippen molar-refractivity contribution >= 4 is 17.5 Å². The summed E-state index contributed by atoms with van der Waals surface area (Å²) in [4.78, 5) is 11.6. The van der Waals surface area contributed by atoms with Crippen LogP contribution in [-0.4, -0.2) is 18.0 Å². The lowest BCUT2D eigenvalue weighted by Crippen LogP contribution is -2.53. The van der Waals surface area contributed by atoms with Crippen LogP contribution in [0, 0.1) is 18.7 Å². The maximum Gasteiger partial charge on any atom is 0.237 e. The molecule has 0 saturated heterocycles. The Bertz CT molecular complexity index is 581. The zero-order valence-corrected chi connectivity index (χ0v) is 16.6. The summed E-state index contributed by atoms with van der Waals surface area (Å²) in [5.74, 6) is 0.451.